The van der Waals surface area contributed by atoms with Gasteiger partial charge in [-0.15, -0.1) is 5.10 Å². The zero-order valence-corrected chi connectivity index (χ0v) is 15.4. The number of ether oxygens (including phenoxy) is 1. The molecule has 0 unspecified atom stereocenters. The van der Waals surface area contributed by atoms with E-state index in [1.54, 1.807) is 52.6 Å². The molecule has 1 aliphatic rings. The van der Waals surface area contributed by atoms with Gasteiger partial charge in [-0.3, -0.25) is 14.3 Å². The summed E-state index contributed by atoms with van der Waals surface area (Å²) < 4.78 is 8.21. The first-order valence-electron chi connectivity index (χ1n) is 8.37. The number of aryl methyl sites for hydroxylation is 2. The van der Waals surface area contributed by atoms with Crippen molar-refractivity contribution in [3.05, 3.63) is 29.3 Å². The molecule has 0 N–H and O–H groups in total. The van der Waals surface area contributed by atoms with Crippen LogP contribution in [0.2, 0.25) is 0 Å². The normalized spacial score (nSPS) is 14.4. The maximum absolute atomic E-state index is 12.5. The molecule has 2 aromatic rings. The monoisotopic (exact) mass is 361 g/mol. The molecule has 0 aliphatic carbocycles. The van der Waals surface area contributed by atoms with E-state index in [0.29, 0.717) is 31.9 Å². The summed E-state index contributed by atoms with van der Waals surface area (Å²) in [5.41, 5.74) is 1.66. The number of likely N-dealkylation sites (N-methyl/N-ethyl adjacent to an activating group) is 1. The van der Waals surface area contributed by atoms with Gasteiger partial charge in [-0.2, -0.15) is 5.10 Å². The Balaban J connectivity index is 1.58. The zero-order valence-electron chi connectivity index (χ0n) is 15.4. The number of carbonyl (C=O) groups excluding carboxylic acids is 2. The Morgan fingerprint density at radius 1 is 1.38 bits per heavy atom. The molecule has 2 amide bonds. The average Bonchev–Trinajstić information content (AvgIpc) is 3.17. The van der Waals surface area contributed by atoms with Crippen LogP contribution < -0.4 is 0 Å². The third kappa shape index (κ3) is 3.45. The van der Waals surface area contributed by atoms with Gasteiger partial charge in [0.1, 0.15) is 5.69 Å². The third-order valence-electron chi connectivity index (χ3n) is 4.45. The largest absolute Gasteiger partial charge is 0.383 e. The average molecular weight is 361 g/mol. The number of likely N-dealkylation sites (tertiary alicyclic amines) is 1. The first-order chi connectivity index (χ1) is 12.4. The minimum atomic E-state index is -0.203. The van der Waals surface area contributed by atoms with E-state index in [1.165, 1.54) is 0 Å². The Labute approximate surface area is 151 Å². The van der Waals surface area contributed by atoms with Gasteiger partial charge in [0.05, 0.1) is 24.5 Å². The summed E-state index contributed by atoms with van der Waals surface area (Å²) in [5, 5.41) is 12.2. The van der Waals surface area contributed by atoms with Crippen LogP contribution in [0, 0.1) is 6.92 Å². The quantitative estimate of drug-likeness (QED) is 0.703. The maximum Gasteiger partial charge on any atom is 0.275 e. The van der Waals surface area contributed by atoms with Gasteiger partial charge in [0, 0.05) is 40.8 Å². The fourth-order valence-electron chi connectivity index (χ4n) is 2.84. The fraction of sp³-hybridized carbons (Fsp3) is 0.562. The van der Waals surface area contributed by atoms with Crippen LogP contribution in [0.5, 0.6) is 0 Å². The first kappa shape index (κ1) is 18.1. The molecule has 0 radical (unpaired) electrons. The predicted octanol–water partition coefficient (Wildman–Crippen LogP) is -0.264. The minimum absolute atomic E-state index is 0.0200. The van der Waals surface area contributed by atoms with Gasteiger partial charge in [0.2, 0.25) is 0 Å². The van der Waals surface area contributed by atoms with Crippen LogP contribution in [0.3, 0.4) is 0 Å². The van der Waals surface area contributed by atoms with Crippen molar-refractivity contribution in [2.75, 3.05) is 40.4 Å². The van der Waals surface area contributed by atoms with E-state index in [9.17, 15) is 9.59 Å². The smallest absolute Gasteiger partial charge is 0.275 e. The molecule has 3 rings (SSSR count). The van der Waals surface area contributed by atoms with Crippen LogP contribution in [0.4, 0.5) is 0 Å². The van der Waals surface area contributed by atoms with Crippen molar-refractivity contribution in [1.29, 1.82) is 0 Å². The molecule has 10 nitrogen and oxygen atoms in total. The first-order valence-corrected chi connectivity index (χ1v) is 8.37. The van der Waals surface area contributed by atoms with Gasteiger partial charge in [-0.25, -0.2) is 4.68 Å². The fourth-order valence-corrected chi connectivity index (χ4v) is 2.84. The van der Waals surface area contributed by atoms with Gasteiger partial charge in [0.15, 0.2) is 5.69 Å². The Kier molecular flexibility index (Phi) is 5.03. The SMILES string of the molecule is COCCN(C)C(=O)c1cn(C2CN(C(=O)c3cc(C)nn3C)C2)nn1. The molecular formula is C16H23N7O3. The van der Waals surface area contributed by atoms with Gasteiger partial charge < -0.3 is 14.5 Å². The van der Waals surface area contributed by atoms with Crippen LogP contribution >= 0.6 is 0 Å². The second-order valence-corrected chi connectivity index (χ2v) is 6.46. The molecule has 0 atom stereocenters. The molecule has 1 saturated heterocycles. The molecule has 0 spiro atoms. The zero-order chi connectivity index (χ0) is 18.8. The molecule has 26 heavy (non-hydrogen) atoms. The van der Waals surface area contributed by atoms with Crippen LogP contribution in [0.1, 0.15) is 32.7 Å². The Morgan fingerprint density at radius 2 is 2.12 bits per heavy atom. The highest BCUT2D eigenvalue weighted by atomic mass is 16.5. The maximum atomic E-state index is 12.5. The van der Waals surface area contributed by atoms with E-state index in [4.69, 9.17) is 4.74 Å². The Hall–Kier alpha value is -2.75. The molecule has 0 aromatic carbocycles. The van der Waals surface area contributed by atoms with E-state index in [1.807, 2.05) is 6.92 Å². The molecule has 2 aromatic heterocycles. The molecule has 3 heterocycles. The highest BCUT2D eigenvalue weighted by molar-refractivity contribution is 5.93. The second-order valence-electron chi connectivity index (χ2n) is 6.46. The number of amides is 2. The summed E-state index contributed by atoms with van der Waals surface area (Å²) in [6.45, 7) is 3.86. The van der Waals surface area contributed by atoms with Gasteiger partial charge in [-0.1, -0.05) is 5.21 Å². The molecule has 1 fully saturated rings. The van der Waals surface area contributed by atoms with E-state index in [2.05, 4.69) is 15.4 Å². The van der Waals surface area contributed by atoms with Crippen molar-refractivity contribution in [2.24, 2.45) is 7.05 Å². The van der Waals surface area contributed by atoms with E-state index in [0.717, 1.165) is 5.69 Å². The standard InChI is InChI=1S/C16H23N7O3/c1-11-7-14(21(3)18-11)16(25)22-8-12(9-22)23-10-13(17-19-23)15(24)20(2)5-6-26-4/h7,10,12H,5-6,8-9H2,1-4H3. The predicted molar refractivity (Wildman–Crippen MR) is 91.7 cm³/mol. The number of carbonyl (C=O) groups is 2. The van der Waals surface area contributed by atoms with Crippen molar-refractivity contribution < 1.29 is 14.3 Å². The number of nitrogens with zero attached hydrogens (tertiary/aromatic N) is 7. The minimum Gasteiger partial charge on any atom is -0.383 e. The summed E-state index contributed by atoms with van der Waals surface area (Å²) in [7, 11) is 5.04. The molecule has 0 saturated carbocycles. The number of hydrogen-bond donors (Lipinski definition) is 0. The van der Waals surface area contributed by atoms with Gasteiger partial charge >= 0.3 is 0 Å². The summed E-state index contributed by atoms with van der Waals surface area (Å²) in [6.07, 6.45) is 1.63. The number of methoxy groups -OCH3 is 1. The van der Waals surface area contributed by atoms with Crippen molar-refractivity contribution in [3.63, 3.8) is 0 Å². The summed E-state index contributed by atoms with van der Waals surface area (Å²) in [6, 6.07) is 1.80. The lowest BCUT2D eigenvalue weighted by Gasteiger charge is -2.38. The van der Waals surface area contributed by atoms with Gasteiger partial charge in [-0.05, 0) is 13.0 Å². The molecule has 0 bridgehead atoms. The van der Waals surface area contributed by atoms with Crippen LogP contribution in [-0.2, 0) is 11.8 Å². The lowest BCUT2D eigenvalue weighted by Crippen LogP contribution is -2.51. The van der Waals surface area contributed by atoms with Gasteiger partial charge in [0.25, 0.3) is 11.8 Å². The summed E-state index contributed by atoms with van der Waals surface area (Å²) in [4.78, 5) is 28.0. The highest BCUT2D eigenvalue weighted by Crippen LogP contribution is 2.23. The van der Waals surface area contributed by atoms with E-state index >= 15 is 0 Å². The summed E-state index contributed by atoms with van der Waals surface area (Å²) >= 11 is 0. The van der Waals surface area contributed by atoms with Crippen molar-refractivity contribution in [1.82, 2.24) is 34.6 Å². The molecule has 140 valence electrons. The van der Waals surface area contributed by atoms with E-state index < -0.39 is 0 Å². The third-order valence-corrected chi connectivity index (χ3v) is 4.45. The Morgan fingerprint density at radius 3 is 2.73 bits per heavy atom. The number of aromatic nitrogens is 5. The second kappa shape index (κ2) is 7.24. The topological polar surface area (TPSA) is 98.4 Å². The lowest BCUT2D eigenvalue weighted by atomic mass is 10.1. The number of hydrogen-bond acceptors (Lipinski definition) is 6. The van der Waals surface area contributed by atoms with E-state index in [-0.39, 0.29) is 23.6 Å². The number of rotatable bonds is 6. The van der Waals surface area contributed by atoms with Crippen LogP contribution in [0.15, 0.2) is 12.3 Å². The van der Waals surface area contributed by atoms with Crippen LogP contribution in [-0.4, -0.2) is 86.8 Å². The van der Waals surface area contributed by atoms with Crippen molar-refractivity contribution >= 4 is 11.8 Å². The van der Waals surface area contributed by atoms with Crippen LogP contribution in [0.25, 0.3) is 0 Å². The summed E-state index contributed by atoms with van der Waals surface area (Å²) in [5.74, 6) is -0.258. The molecule has 10 heteroatoms. The molecular weight excluding hydrogens is 338 g/mol. The molecule has 1 aliphatic heterocycles. The van der Waals surface area contributed by atoms with Crippen molar-refractivity contribution in [2.45, 2.75) is 13.0 Å². The lowest BCUT2D eigenvalue weighted by molar-refractivity contribution is 0.0486. The van der Waals surface area contributed by atoms with Crippen molar-refractivity contribution in [3.8, 4) is 0 Å². The highest BCUT2D eigenvalue weighted by Gasteiger charge is 2.35. The Bertz CT molecular complexity index is 807.